The van der Waals surface area contributed by atoms with Crippen LogP contribution in [0.25, 0.3) is 10.9 Å². The van der Waals surface area contributed by atoms with Gasteiger partial charge < -0.3 is 5.32 Å². The van der Waals surface area contributed by atoms with E-state index in [4.69, 9.17) is 11.6 Å². The Morgan fingerprint density at radius 3 is 2.74 bits per heavy atom. The maximum absolute atomic E-state index is 6.04. The Morgan fingerprint density at radius 2 is 2.00 bits per heavy atom. The van der Waals surface area contributed by atoms with Gasteiger partial charge in [-0.25, -0.2) is 0 Å². The van der Waals surface area contributed by atoms with E-state index in [1.54, 1.807) is 11.3 Å². The van der Waals surface area contributed by atoms with Crippen molar-refractivity contribution >= 4 is 33.8 Å². The Morgan fingerprint density at radius 1 is 1.16 bits per heavy atom. The molecule has 0 amide bonds. The van der Waals surface area contributed by atoms with E-state index in [1.807, 2.05) is 25.4 Å². The number of hydrogen-bond donors (Lipinski definition) is 1. The van der Waals surface area contributed by atoms with Crippen LogP contribution in [0.1, 0.15) is 16.5 Å². The van der Waals surface area contributed by atoms with Crippen LogP contribution in [0.4, 0.5) is 0 Å². The zero-order valence-electron chi connectivity index (χ0n) is 10.4. The van der Waals surface area contributed by atoms with Crippen LogP contribution in [0.5, 0.6) is 0 Å². The Labute approximate surface area is 121 Å². The number of halogens is 1. The molecule has 2 heterocycles. The molecular formula is C15H13ClN2S. The second-order valence-electron chi connectivity index (χ2n) is 4.29. The van der Waals surface area contributed by atoms with E-state index < -0.39 is 0 Å². The van der Waals surface area contributed by atoms with Crippen molar-refractivity contribution in [1.29, 1.82) is 0 Å². The molecule has 4 heteroatoms. The molecule has 0 aliphatic carbocycles. The summed E-state index contributed by atoms with van der Waals surface area (Å²) in [4.78, 5) is 5.71. The number of hydrogen-bond acceptors (Lipinski definition) is 3. The summed E-state index contributed by atoms with van der Waals surface area (Å²) < 4.78 is 0.809. The molecule has 0 bridgehead atoms. The van der Waals surface area contributed by atoms with Crippen LogP contribution in [0.3, 0.4) is 0 Å². The molecule has 0 aliphatic rings. The minimum absolute atomic E-state index is 0.121. The van der Waals surface area contributed by atoms with E-state index in [2.05, 4.69) is 40.6 Å². The maximum Gasteiger partial charge on any atom is 0.0931 e. The third kappa shape index (κ3) is 2.37. The van der Waals surface area contributed by atoms with Gasteiger partial charge in [-0.05, 0) is 25.2 Å². The largest absolute Gasteiger partial charge is 0.309 e. The molecule has 2 nitrogen and oxygen atoms in total. The SMILES string of the molecule is CNC(c1ccc(Cl)s1)c1cccc2cccnc12. The monoisotopic (exact) mass is 288 g/mol. The highest BCUT2D eigenvalue weighted by molar-refractivity contribution is 7.16. The number of aromatic nitrogens is 1. The number of rotatable bonds is 3. The number of pyridine rings is 1. The Hall–Kier alpha value is -1.42. The number of benzene rings is 1. The topological polar surface area (TPSA) is 24.9 Å². The normalized spacial score (nSPS) is 12.7. The lowest BCUT2D eigenvalue weighted by Crippen LogP contribution is -2.17. The summed E-state index contributed by atoms with van der Waals surface area (Å²) >= 11 is 7.64. The molecule has 19 heavy (non-hydrogen) atoms. The fourth-order valence-corrected chi connectivity index (χ4v) is 3.49. The van der Waals surface area contributed by atoms with E-state index >= 15 is 0 Å². The summed E-state index contributed by atoms with van der Waals surface area (Å²) in [6.07, 6.45) is 1.83. The van der Waals surface area contributed by atoms with Crippen molar-refractivity contribution in [2.24, 2.45) is 0 Å². The first-order chi connectivity index (χ1) is 9.29. The molecule has 0 saturated carbocycles. The van der Waals surface area contributed by atoms with Gasteiger partial charge in [0.05, 0.1) is 15.9 Å². The number of para-hydroxylation sites is 1. The van der Waals surface area contributed by atoms with Crippen molar-refractivity contribution in [3.05, 3.63) is 63.4 Å². The summed E-state index contributed by atoms with van der Waals surface area (Å²) in [5.74, 6) is 0. The minimum Gasteiger partial charge on any atom is -0.309 e. The van der Waals surface area contributed by atoms with Gasteiger partial charge in [0.2, 0.25) is 0 Å². The van der Waals surface area contributed by atoms with Crippen molar-refractivity contribution in [3.63, 3.8) is 0 Å². The summed E-state index contributed by atoms with van der Waals surface area (Å²) in [5.41, 5.74) is 2.22. The van der Waals surface area contributed by atoms with Crippen molar-refractivity contribution < 1.29 is 0 Å². The molecule has 2 aromatic heterocycles. The highest BCUT2D eigenvalue weighted by Crippen LogP contribution is 2.33. The van der Waals surface area contributed by atoms with Gasteiger partial charge in [0, 0.05) is 22.0 Å². The third-order valence-electron chi connectivity index (χ3n) is 3.14. The first kappa shape index (κ1) is 12.6. The molecular weight excluding hydrogens is 276 g/mol. The summed E-state index contributed by atoms with van der Waals surface area (Å²) in [6, 6.07) is 14.4. The molecule has 1 aromatic carbocycles. The molecule has 3 aromatic rings. The van der Waals surface area contributed by atoms with Crippen LogP contribution in [0.2, 0.25) is 4.34 Å². The molecule has 0 fully saturated rings. The van der Waals surface area contributed by atoms with E-state index in [0.717, 1.165) is 15.2 Å². The minimum atomic E-state index is 0.121. The summed E-state index contributed by atoms with van der Waals surface area (Å²) in [6.45, 7) is 0. The van der Waals surface area contributed by atoms with Gasteiger partial charge in [0.25, 0.3) is 0 Å². The highest BCUT2D eigenvalue weighted by Gasteiger charge is 2.17. The molecule has 0 aliphatic heterocycles. The predicted octanol–water partition coefficient (Wildman–Crippen LogP) is 4.26. The van der Waals surface area contributed by atoms with Crippen LogP contribution in [-0.4, -0.2) is 12.0 Å². The Balaban J connectivity index is 2.16. The first-order valence-electron chi connectivity index (χ1n) is 6.06. The van der Waals surface area contributed by atoms with Gasteiger partial charge in [-0.1, -0.05) is 35.9 Å². The lowest BCUT2D eigenvalue weighted by Gasteiger charge is -2.16. The number of nitrogens with one attached hydrogen (secondary N) is 1. The lowest BCUT2D eigenvalue weighted by atomic mass is 10.0. The second kappa shape index (κ2) is 5.29. The lowest BCUT2D eigenvalue weighted by molar-refractivity contribution is 0.707. The van der Waals surface area contributed by atoms with E-state index in [-0.39, 0.29) is 6.04 Å². The maximum atomic E-state index is 6.04. The Kier molecular flexibility index (Phi) is 3.51. The number of fused-ring (bicyclic) bond motifs is 1. The molecule has 3 rings (SSSR count). The molecule has 1 N–H and O–H groups in total. The standard InChI is InChI=1S/C15H13ClN2S/c1-17-15(12-7-8-13(16)19-12)11-6-2-4-10-5-3-9-18-14(10)11/h2-9,15,17H,1H3. The van der Waals surface area contributed by atoms with Crippen LogP contribution in [-0.2, 0) is 0 Å². The van der Waals surface area contributed by atoms with Gasteiger partial charge in [-0.3, -0.25) is 4.98 Å². The van der Waals surface area contributed by atoms with Crippen LogP contribution in [0.15, 0.2) is 48.7 Å². The van der Waals surface area contributed by atoms with Crippen LogP contribution < -0.4 is 5.32 Å². The zero-order chi connectivity index (χ0) is 13.2. The van der Waals surface area contributed by atoms with Crippen molar-refractivity contribution in [1.82, 2.24) is 10.3 Å². The van der Waals surface area contributed by atoms with E-state index in [0.29, 0.717) is 0 Å². The highest BCUT2D eigenvalue weighted by atomic mass is 35.5. The second-order valence-corrected chi connectivity index (χ2v) is 6.03. The molecule has 0 saturated heterocycles. The summed E-state index contributed by atoms with van der Waals surface area (Å²) in [5, 5.41) is 4.51. The molecule has 1 unspecified atom stereocenters. The average Bonchev–Trinajstić information content (AvgIpc) is 2.86. The van der Waals surface area contributed by atoms with Crippen LogP contribution in [0, 0.1) is 0 Å². The first-order valence-corrected chi connectivity index (χ1v) is 7.25. The fraction of sp³-hybridized carbons (Fsp3) is 0.133. The quantitative estimate of drug-likeness (QED) is 0.779. The van der Waals surface area contributed by atoms with Crippen molar-refractivity contribution in [3.8, 4) is 0 Å². The smallest absolute Gasteiger partial charge is 0.0931 e. The zero-order valence-corrected chi connectivity index (χ0v) is 12.0. The average molecular weight is 289 g/mol. The van der Waals surface area contributed by atoms with E-state index in [9.17, 15) is 0 Å². The number of thiophene rings is 1. The molecule has 0 radical (unpaired) electrons. The van der Waals surface area contributed by atoms with E-state index in [1.165, 1.54) is 10.4 Å². The van der Waals surface area contributed by atoms with Crippen molar-refractivity contribution in [2.45, 2.75) is 6.04 Å². The van der Waals surface area contributed by atoms with Gasteiger partial charge >= 0.3 is 0 Å². The van der Waals surface area contributed by atoms with Gasteiger partial charge in [-0.15, -0.1) is 11.3 Å². The van der Waals surface area contributed by atoms with Gasteiger partial charge in [0.1, 0.15) is 0 Å². The summed E-state index contributed by atoms with van der Waals surface area (Å²) in [7, 11) is 1.96. The third-order valence-corrected chi connectivity index (χ3v) is 4.44. The molecule has 1 atom stereocenters. The fourth-order valence-electron chi connectivity index (χ4n) is 2.30. The van der Waals surface area contributed by atoms with Crippen molar-refractivity contribution in [2.75, 3.05) is 7.05 Å². The van der Waals surface area contributed by atoms with Gasteiger partial charge in [0.15, 0.2) is 0 Å². The predicted molar refractivity (Wildman–Crippen MR) is 82.0 cm³/mol. The van der Waals surface area contributed by atoms with Crippen LogP contribution >= 0.6 is 22.9 Å². The molecule has 0 spiro atoms. The van der Waals surface area contributed by atoms with Gasteiger partial charge in [-0.2, -0.15) is 0 Å². The molecule has 96 valence electrons. The Bertz CT molecular complexity index is 703. The number of nitrogens with zero attached hydrogens (tertiary/aromatic N) is 1.